The van der Waals surface area contributed by atoms with Gasteiger partial charge in [-0.15, -0.1) is 0 Å². The maximum Gasteiger partial charge on any atom is 0.187 e. The summed E-state index contributed by atoms with van der Waals surface area (Å²) in [6.07, 6.45) is -37.4. The Bertz CT molecular complexity index is 2340. The van der Waals surface area contributed by atoms with Crippen LogP contribution in [0.4, 0.5) is 0 Å². The van der Waals surface area contributed by atoms with Gasteiger partial charge in [0.05, 0.1) is 56.9 Å². The third-order valence-corrected chi connectivity index (χ3v) is 22.9. The van der Waals surface area contributed by atoms with Gasteiger partial charge in [-0.3, -0.25) is 0 Å². The normalized spacial score (nSPS) is 51.8. The summed E-state index contributed by atoms with van der Waals surface area (Å²) in [5, 5.41) is 205. The lowest BCUT2D eigenvalue weighted by Crippen LogP contribution is -2.65. The Morgan fingerprint density at radius 3 is 1.45 bits per heavy atom. The first-order valence-electron chi connectivity index (χ1n) is 31.6. The first-order chi connectivity index (χ1) is 41.6. The summed E-state index contributed by atoms with van der Waals surface area (Å²) in [5.74, 6) is -0.0172. The number of hydrogen-bond acceptors (Lipinski definition) is 29. The molecular formula is C60H102O29. The Kier molecular flexibility index (Phi) is 22.3. The van der Waals surface area contributed by atoms with E-state index in [2.05, 4.69) is 33.8 Å². The average molecular weight is 1290 g/mol. The molecule has 29 heteroatoms. The van der Waals surface area contributed by atoms with Gasteiger partial charge in [-0.1, -0.05) is 53.2 Å². The van der Waals surface area contributed by atoms with Gasteiger partial charge in [-0.25, -0.2) is 0 Å². The highest BCUT2D eigenvalue weighted by Gasteiger charge is 2.70. The van der Waals surface area contributed by atoms with Crippen LogP contribution in [0.2, 0.25) is 0 Å². The van der Waals surface area contributed by atoms with E-state index >= 15 is 0 Å². The summed E-state index contributed by atoms with van der Waals surface area (Å²) < 4.78 is 59.3. The second-order valence-corrected chi connectivity index (χ2v) is 28.7. The van der Waals surface area contributed by atoms with Gasteiger partial charge < -0.3 is 144 Å². The van der Waals surface area contributed by atoms with Crippen molar-refractivity contribution in [2.75, 3.05) is 33.0 Å². The summed E-state index contributed by atoms with van der Waals surface area (Å²) >= 11 is 0. The van der Waals surface area contributed by atoms with Crippen LogP contribution in [0.3, 0.4) is 0 Å². The summed E-state index contributed by atoms with van der Waals surface area (Å²) in [7, 11) is 0. The lowest BCUT2D eigenvalue weighted by atomic mass is 9.38. The maximum atomic E-state index is 12.8. The van der Waals surface area contributed by atoms with Crippen LogP contribution in [0.5, 0.6) is 0 Å². The van der Waals surface area contributed by atoms with Gasteiger partial charge in [0.1, 0.15) is 122 Å². The van der Waals surface area contributed by atoms with E-state index in [4.69, 9.17) is 47.4 Å². The molecule has 516 valence electrons. The monoisotopic (exact) mass is 1290 g/mol. The SMILES string of the molecule is C[C@@H](CC[C@H](O[C@H]1O[C@@H](CO[C@H]2O[C@@H](CO)[C@H](O)[C@@H](O)[C@@H]2O)[C@H](O)[C@@H](O)[C@@H]1O[C@H]1O[C@@H](CO)[C@H](O)[C@@H](O)[C@@H]1O)C(C)(C)O)[C@@H]1CC[C@]2(C)[C@@H]3CC=C4[C@H](CC[C@@H](O[C@H]5O[C@@H](CO[C@H]6O[C@@H](CO)[C@H](O)[C@@H](O)[C@@H]6O)[C@H](O)[C@@H](O)[C@@H]5O)C4(C)C)[C@@]3(C)[C@@H](O)C[C@@]12C. The minimum Gasteiger partial charge on any atom is -0.394 e. The third kappa shape index (κ3) is 13.1. The molecule has 0 bridgehead atoms. The molecule has 0 radical (unpaired) electrons. The summed E-state index contributed by atoms with van der Waals surface area (Å²) in [6, 6.07) is 0. The van der Waals surface area contributed by atoms with Gasteiger partial charge in [-0.2, -0.15) is 0 Å². The fraction of sp³-hybridized carbons (Fsp3) is 0.967. The topological polar surface area (TPSA) is 477 Å². The molecule has 0 spiro atoms. The highest BCUT2D eigenvalue weighted by molar-refractivity contribution is 5.32. The molecule has 19 N–H and O–H groups in total. The number of ether oxygens (including phenoxy) is 10. The van der Waals surface area contributed by atoms with Gasteiger partial charge >= 0.3 is 0 Å². The van der Waals surface area contributed by atoms with Crippen molar-refractivity contribution in [2.45, 2.75) is 284 Å². The molecule has 89 heavy (non-hydrogen) atoms. The number of aliphatic hydroxyl groups excluding tert-OH is 18. The molecule has 9 rings (SSSR count). The Balaban J connectivity index is 0.883. The first kappa shape index (κ1) is 71.9. The number of fused-ring (bicyclic) bond motifs is 5. The summed E-state index contributed by atoms with van der Waals surface area (Å²) in [5.41, 5.74) is -2.49. The van der Waals surface area contributed by atoms with Crippen molar-refractivity contribution in [1.29, 1.82) is 0 Å². The standard InChI is InChI=1S/C60H102O29/c1-23(9-13-35(57(4,5)79)88-55-50(89-54-49(78)43(72)38(67)29(20-63)84-54)45(74)40(69)31(86-55)22-81-52-47(76)42(71)37(66)28(19-62)83-52)24-15-16-58(6)32-12-10-25-26(60(32,8)33(64)17-59(24,58)7)11-14-34(56(25,2)3)87-53-48(77)44(73)39(68)30(85-53)21-80-51-46(75)41(70)36(65)27(18-61)82-51/h10,23-24,26-55,61-79H,9,11-22H2,1-8H3/t23-,24-,26-,27-,28-,29-,30-,31-,32-,33-,34+,35-,36-,37-,38-,39-,40-,41+,42+,43+,44+,45+,46-,47-,48-,49-,50-,51-,52-,53+,54+,55+,58+,59-,60+/m0/s1. The number of rotatable bonds is 20. The average Bonchev–Trinajstić information content (AvgIpc) is 1.66. The van der Waals surface area contributed by atoms with E-state index in [1.54, 1.807) is 0 Å². The highest BCUT2D eigenvalue weighted by atomic mass is 16.8. The van der Waals surface area contributed by atoms with Crippen LogP contribution in [0.15, 0.2) is 11.6 Å². The number of allylic oxidation sites excluding steroid dienone is 1. The molecule has 4 aliphatic carbocycles. The predicted octanol–water partition coefficient (Wildman–Crippen LogP) is -5.41. The molecule has 5 aliphatic heterocycles. The van der Waals surface area contributed by atoms with E-state index in [0.29, 0.717) is 32.1 Å². The Morgan fingerprint density at radius 1 is 0.517 bits per heavy atom. The molecule has 35 atom stereocenters. The second-order valence-electron chi connectivity index (χ2n) is 28.7. The van der Waals surface area contributed by atoms with E-state index in [9.17, 15) is 97.0 Å². The molecule has 5 heterocycles. The zero-order chi connectivity index (χ0) is 65.5. The fourth-order valence-corrected chi connectivity index (χ4v) is 17.0. The third-order valence-electron chi connectivity index (χ3n) is 22.9. The fourth-order valence-electron chi connectivity index (χ4n) is 17.0. The van der Waals surface area contributed by atoms with Gasteiger partial charge in [0, 0.05) is 10.8 Å². The van der Waals surface area contributed by atoms with Crippen molar-refractivity contribution in [3.05, 3.63) is 11.6 Å². The Morgan fingerprint density at radius 2 is 0.955 bits per heavy atom. The zero-order valence-electron chi connectivity index (χ0n) is 51.8. The van der Waals surface area contributed by atoms with Crippen LogP contribution in [0.1, 0.15) is 107 Å². The number of aliphatic hydroxyl groups is 19. The van der Waals surface area contributed by atoms with Crippen molar-refractivity contribution < 1.29 is 144 Å². The molecule has 3 saturated carbocycles. The maximum absolute atomic E-state index is 12.8. The van der Waals surface area contributed by atoms with Crippen LogP contribution in [0, 0.1) is 45.3 Å². The van der Waals surface area contributed by atoms with Crippen LogP contribution in [-0.2, 0) is 47.4 Å². The summed E-state index contributed by atoms with van der Waals surface area (Å²) in [4.78, 5) is 0. The quantitative estimate of drug-likeness (QED) is 0.0506. The van der Waals surface area contributed by atoms with Gasteiger partial charge in [0.25, 0.3) is 0 Å². The van der Waals surface area contributed by atoms with E-state index in [0.717, 1.165) is 18.4 Å². The molecule has 29 nitrogen and oxygen atoms in total. The predicted molar refractivity (Wildman–Crippen MR) is 300 cm³/mol. The smallest absolute Gasteiger partial charge is 0.187 e. The van der Waals surface area contributed by atoms with Crippen molar-refractivity contribution in [3.8, 4) is 0 Å². The molecule has 0 aromatic heterocycles. The largest absolute Gasteiger partial charge is 0.394 e. The number of hydrogen-bond donors (Lipinski definition) is 19. The van der Waals surface area contributed by atoms with Crippen molar-refractivity contribution in [3.63, 3.8) is 0 Å². The first-order valence-corrected chi connectivity index (χ1v) is 31.6. The molecule has 5 saturated heterocycles. The zero-order valence-corrected chi connectivity index (χ0v) is 51.8. The van der Waals surface area contributed by atoms with Crippen LogP contribution in [0.25, 0.3) is 0 Å². The molecule has 8 fully saturated rings. The van der Waals surface area contributed by atoms with Crippen molar-refractivity contribution in [2.24, 2.45) is 45.3 Å². The van der Waals surface area contributed by atoms with Gasteiger partial charge in [0.15, 0.2) is 31.5 Å². The molecule has 0 aromatic carbocycles. The summed E-state index contributed by atoms with van der Waals surface area (Å²) in [6.45, 7) is 12.6. The van der Waals surface area contributed by atoms with Crippen LogP contribution in [-0.4, -0.2) is 308 Å². The van der Waals surface area contributed by atoms with Gasteiger partial charge in [0.2, 0.25) is 0 Å². The molecule has 0 unspecified atom stereocenters. The molecular weight excluding hydrogens is 1180 g/mol. The lowest BCUT2D eigenvalue weighted by Gasteiger charge is -2.67. The molecule has 0 amide bonds. The highest BCUT2D eigenvalue weighted by Crippen LogP contribution is 2.75. The van der Waals surface area contributed by atoms with Gasteiger partial charge in [-0.05, 0) is 99.7 Å². The van der Waals surface area contributed by atoms with Crippen molar-refractivity contribution >= 4 is 0 Å². The van der Waals surface area contributed by atoms with Crippen molar-refractivity contribution in [1.82, 2.24) is 0 Å². The minimum absolute atomic E-state index is 0.0310. The minimum atomic E-state index is -1.96. The van der Waals surface area contributed by atoms with Crippen LogP contribution >= 0.6 is 0 Å². The molecule has 0 aromatic rings. The second kappa shape index (κ2) is 27.6. The molecule has 9 aliphatic rings. The lowest BCUT2D eigenvalue weighted by molar-refractivity contribution is -0.380. The van der Waals surface area contributed by atoms with E-state index < -0.39 is 227 Å². The van der Waals surface area contributed by atoms with E-state index in [1.165, 1.54) is 13.8 Å². The van der Waals surface area contributed by atoms with E-state index in [1.807, 2.05) is 13.8 Å². The van der Waals surface area contributed by atoms with E-state index in [-0.39, 0.29) is 35.5 Å². The Labute approximate surface area is 517 Å². The van der Waals surface area contributed by atoms with Crippen LogP contribution < -0.4 is 0 Å². The Hall–Kier alpha value is -1.42.